The van der Waals surface area contributed by atoms with Gasteiger partial charge < -0.3 is 9.80 Å². The largest absolute Gasteiger partial charge is 0.353 e. The molecule has 0 saturated carbocycles. The first kappa shape index (κ1) is 28.4. The molecule has 2 aromatic carbocycles. The molecule has 198 valence electrons. The van der Waals surface area contributed by atoms with Crippen LogP contribution in [0.25, 0.3) is 0 Å². The molecule has 0 spiro atoms. The first-order valence-corrected chi connectivity index (χ1v) is 15.1. The number of nitrogens with zero attached hydrogens (tertiary/aromatic N) is 2. The van der Waals surface area contributed by atoms with Crippen LogP contribution in [0, 0.1) is 0 Å². The molecule has 2 nitrogen and oxygen atoms in total. The third kappa shape index (κ3) is 7.64. The maximum atomic E-state index is 2.74. The highest BCUT2D eigenvalue weighted by Gasteiger charge is 2.49. The molecule has 1 heterocycles. The van der Waals surface area contributed by atoms with Crippen molar-refractivity contribution in [2.45, 2.75) is 116 Å². The molecule has 2 atom stereocenters. The Morgan fingerprint density at radius 1 is 0.583 bits per heavy atom. The fraction of sp³-hybridized carbons (Fsp3) is 0.588. The van der Waals surface area contributed by atoms with E-state index in [0.29, 0.717) is 5.92 Å². The Morgan fingerprint density at radius 2 is 1.06 bits per heavy atom. The van der Waals surface area contributed by atoms with Crippen molar-refractivity contribution >= 4 is 0 Å². The quantitative estimate of drug-likeness (QED) is 0.193. The van der Waals surface area contributed by atoms with Gasteiger partial charge in [-0.15, -0.1) is 0 Å². The van der Waals surface area contributed by atoms with Gasteiger partial charge in [0.05, 0.1) is 0 Å². The molecule has 2 aromatic rings. The minimum absolute atomic E-state index is 0.0497. The number of benzene rings is 2. The maximum absolute atomic E-state index is 2.74. The van der Waals surface area contributed by atoms with E-state index >= 15 is 0 Å². The van der Waals surface area contributed by atoms with Gasteiger partial charge in [-0.1, -0.05) is 139 Å². The molecule has 0 fully saturated rings. The first-order valence-electron chi connectivity index (χ1n) is 15.1. The van der Waals surface area contributed by atoms with Gasteiger partial charge in [0.1, 0.15) is 5.66 Å². The standard InChI is InChI=1S/C34H52N2/c1-4-7-9-11-12-13-21-27-36-29-28-35(26-20-10-8-5-2)34(36,30-31-22-16-14-17-23-31)33(6-3)32-24-18-15-19-25-32/h14-19,22-25,28-29,33H,4-13,20-21,26-27,30H2,1-3H3. The van der Waals surface area contributed by atoms with Crippen LogP contribution in [0.5, 0.6) is 0 Å². The van der Waals surface area contributed by atoms with Crippen LogP contribution < -0.4 is 0 Å². The molecule has 1 aliphatic rings. The van der Waals surface area contributed by atoms with E-state index in [0.717, 1.165) is 25.9 Å². The number of hydrogen-bond acceptors (Lipinski definition) is 2. The maximum Gasteiger partial charge on any atom is 0.123 e. The van der Waals surface area contributed by atoms with Crippen LogP contribution in [0.2, 0.25) is 0 Å². The number of rotatable bonds is 18. The van der Waals surface area contributed by atoms with E-state index in [1.54, 1.807) is 0 Å². The van der Waals surface area contributed by atoms with E-state index in [9.17, 15) is 0 Å². The van der Waals surface area contributed by atoms with E-state index in [4.69, 9.17) is 0 Å². The Kier molecular flexibility index (Phi) is 12.4. The first-order chi connectivity index (χ1) is 17.8. The van der Waals surface area contributed by atoms with E-state index in [-0.39, 0.29) is 5.66 Å². The Bertz CT molecular complexity index is 846. The summed E-state index contributed by atoms with van der Waals surface area (Å²) < 4.78 is 0. The van der Waals surface area contributed by atoms with Crippen LogP contribution in [0.1, 0.15) is 115 Å². The lowest BCUT2D eigenvalue weighted by Gasteiger charge is -2.51. The van der Waals surface area contributed by atoms with Crippen molar-refractivity contribution in [2.75, 3.05) is 13.1 Å². The van der Waals surface area contributed by atoms with Gasteiger partial charge in [-0.3, -0.25) is 0 Å². The topological polar surface area (TPSA) is 6.48 Å². The summed E-state index contributed by atoms with van der Waals surface area (Å²) in [6, 6.07) is 22.6. The SMILES string of the molecule is CCCCCCCCCN1C=CN(CCCCCC)C1(Cc1ccccc1)C(CC)c1ccccc1. The lowest BCUT2D eigenvalue weighted by molar-refractivity contribution is -0.00377. The minimum atomic E-state index is -0.0497. The molecule has 3 rings (SSSR count). The monoisotopic (exact) mass is 488 g/mol. The van der Waals surface area contributed by atoms with Crippen LogP contribution in [-0.4, -0.2) is 28.6 Å². The van der Waals surface area contributed by atoms with E-state index < -0.39 is 0 Å². The van der Waals surface area contributed by atoms with Gasteiger partial charge in [-0.05, 0) is 30.4 Å². The zero-order valence-electron chi connectivity index (χ0n) is 23.5. The van der Waals surface area contributed by atoms with E-state index in [2.05, 4.69) is 104 Å². The summed E-state index contributed by atoms with van der Waals surface area (Å²) in [6.45, 7) is 9.29. The third-order valence-electron chi connectivity index (χ3n) is 8.15. The fourth-order valence-electron chi connectivity index (χ4n) is 6.21. The predicted molar refractivity (Wildman–Crippen MR) is 157 cm³/mol. The lowest BCUT2D eigenvalue weighted by atomic mass is 9.78. The molecule has 2 heteroatoms. The molecular formula is C34H52N2. The zero-order chi connectivity index (χ0) is 25.5. The summed E-state index contributed by atoms with van der Waals surface area (Å²) in [7, 11) is 0. The molecule has 0 radical (unpaired) electrons. The molecule has 0 N–H and O–H groups in total. The smallest absolute Gasteiger partial charge is 0.123 e. The van der Waals surface area contributed by atoms with Crippen LogP contribution in [0.15, 0.2) is 73.1 Å². The molecule has 0 amide bonds. The zero-order valence-corrected chi connectivity index (χ0v) is 23.5. The molecule has 2 unspecified atom stereocenters. The van der Waals surface area contributed by atoms with Gasteiger partial charge >= 0.3 is 0 Å². The molecule has 36 heavy (non-hydrogen) atoms. The van der Waals surface area contributed by atoms with Crippen LogP contribution >= 0.6 is 0 Å². The molecule has 1 aliphatic heterocycles. The summed E-state index contributed by atoms with van der Waals surface area (Å²) in [5.74, 6) is 0.449. The summed E-state index contributed by atoms with van der Waals surface area (Å²) in [6.07, 6.45) is 21.8. The Labute approximate surface area is 222 Å². The molecule has 0 aromatic heterocycles. The fourth-order valence-corrected chi connectivity index (χ4v) is 6.21. The van der Waals surface area contributed by atoms with Crippen molar-refractivity contribution in [1.82, 2.24) is 9.80 Å². The molecule has 0 saturated heterocycles. The van der Waals surface area contributed by atoms with Crippen molar-refractivity contribution in [1.29, 1.82) is 0 Å². The molecule has 0 bridgehead atoms. The van der Waals surface area contributed by atoms with Crippen LogP contribution in [-0.2, 0) is 6.42 Å². The van der Waals surface area contributed by atoms with Gasteiger partial charge in [0.15, 0.2) is 0 Å². The normalized spacial score (nSPS) is 18.2. The van der Waals surface area contributed by atoms with Crippen molar-refractivity contribution in [3.63, 3.8) is 0 Å². The summed E-state index contributed by atoms with van der Waals surface area (Å²) in [5, 5.41) is 0. The number of unbranched alkanes of at least 4 members (excludes halogenated alkanes) is 9. The highest BCUT2D eigenvalue weighted by molar-refractivity contribution is 5.30. The summed E-state index contributed by atoms with van der Waals surface area (Å²) >= 11 is 0. The van der Waals surface area contributed by atoms with Gasteiger partial charge in [0, 0.05) is 37.8 Å². The minimum Gasteiger partial charge on any atom is -0.353 e. The highest BCUT2D eigenvalue weighted by Crippen LogP contribution is 2.45. The Hall–Kier alpha value is -2.22. The Balaban J connectivity index is 1.88. The average Bonchev–Trinajstić information content (AvgIpc) is 3.24. The second-order valence-electron chi connectivity index (χ2n) is 10.8. The van der Waals surface area contributed by atoms with Gasteiger partial charge in [-0.2, -0.15) is 0 Å². The average molecular weight is 489 g/mol. The second-order valence-corrected chi connectivity index (χ2v) is 10.8. The summed E-state index contributed by atoms with van der Waals surface area (Å²) in [5.41, 5.74) is 2.87. The van der Waals surface area contributed by atoms with Gasteiger partial charge in [0.2, 0.25) is 0 Å². The second kappa shape index (κ2) is 15.8. The lowest BCUT2D eigenvalue weighted by Crippen LogP contribution is -2.59. The van der Waals surface area contributed by atoms with Crippen molar-refractivity contribution < 1.29 is 0 Å². The molecular weight excluding hydrogens is 436 g/mol. The summed E-state index contributed by atoms with van der Waals surface area (Å²) in [4.78, 5) is 5.48. The van der Waals surface area contributed by atoms with Gasteiger partial charge in [-0.25, -0.2) is 0 Å². The van der Waals surface area contributed by atoms with Crippen LogP contribution in [0.4, 0.5) is 0 Å². The third-order valence-corrected chi connectivity index (χ3v) is 8.15. The number of hydrogen-bond donors (Lipinski definition) is 0. The highest BCUT2D eigenvalue weighted by atomic mass is 15.4. The van der Waals surface area contributed by atoms with E-state index in [1.807, 2.05) is 0 Å². The predicted octanol–water partition coefficient (Wildman–Crippen LogP) is 9.54. The van der Waals surface area contributed by atoms with Crippen molar-refractivity contribution in [3.8, 4) is 0 Å². The van der Waals surface area contributed by atoms with Gasteiger partial charge in [0.25, 0.3) is 0 Å². The molecule has 0 aliphatic carbocycles. The van der Waals surface area contributed by atoms with Crippen LogP contribution in [0.3, 0.4) is 0 Å². The van der Waals surface area contributed by atoms with Crippen molar-refractivity contribution in [2.24, 2.45) is 0 Å². The van der Waals surface area contributed by atoms with E-state index in [1.165, 1.54) is 81.8 Å². The Morgan fingerprint density at radius 3 is 1.58 bits per heavy atom. The van der Waals surface area contributed by atoms with Crippen molar-refractivity contribution in [3.05, 3.63) is 84.2 Å².